The largest absolute Gasteiger partial charge is 0.493 e. The number of aliphatic imine (C=N–C) groups is 1. The van der Waals surface area contributed by atoms with Gasteiger partial charge in [-0.05, 0) is 13.3 Å². The number of imidazole rings is 1. The molecule has 0 fully saturated rings. The Morgan fingerprint density at radius 2 is 2.17 bits per heavy atom. The Labute approximate surface area is 134 Å². The number of rotatable bonds is 4. The zero-order valence-electron chi connectivity index (χ0n) is 13.0. The van der Waals surface area contributed by atoms with Crippen molar-refractivity contribution in [3.8, 4) is 6.01 Å². The molecule has 0 amide bonds. The lowest BCUT2D eigenvalue weighted by atomic mass is 10.3. The van der Waals surface area contributed by atoms with Gasteiger partial charge in [-0.3, -0.25) is 5.32 Å². The van der Waals surface area contributed by atoms with Gasteiger partial charge in [0.05, 0.1) is 13.2 Å². The molecule has 1 unspecified atom stereocenters. The van der Waals surface area contributed by atoms with Crippen LogP contribution in [0.1, 0.15) is 32.1 Å². The van der Waals surface area contributed by atoms with Gasteiger partial charge in [-0.2, -0.15) is 18.2 Å². The van der Waals surface area contributed by atoms with Crippen molar-refractivity contribution >= 4 is 17.8 Å². The summed E-state index contributed by atoms with van der Waals surface area (Å²) >= 11 is 0. The first-order valence-corrected chi connectivity index (χ1v) is 6.90. The molecule has 9 nitrogen and oxygen atoms in total. The standard InChI is InChI=1S/C12H16F3N5O4/c1-4-5(2)23-10-18-7(16)6-8(19-10)20(11(17-6)22-3)24-9(21)12(13,14)15/h5,7H,4,16H2,1-3H3,(H,18,19)/t5-,7?/m0/s1. The van der Waals surface area contributed by atoms with Crippen molar-refractivity contribution in [3.05, 3.63) is 5.69 Å². The molecule has 0 bridgehead atoms. The maximum Gasteiger partial charge on any atom is 0.493 e. The molecule has 0 aromatic carbocycles. The normalized spacial score (nSPS) is 18.1. The maximum absolute atomic E-state index is 12.4. The van der Waals surface area contributed by atoms with E-state index in [1.54, 1.807) is 6.92 Å². The number of halogens is 3. The zero-order chi connectivity index (χ0) is 18.1. The van der Waals surface area contributed by atoms with Gasteiger partial charge in [0.15, 0.2) is 5.82 Å². The summed E-state index contributed by atoms with van der Waals surface area (Å²) in [6, 6.07) is -0.434. The van der Waals surface area contributed by atoms with Crippen molar-refractivity contribution in [1.29, 1.82) is 0 Å². The first-order valence-electron chi connectivity index (χ1n) is 6.90. The third kappa shape index (κ3) is 3.53. The smallest absolute Gasteiger partial charge is 0.466 e. The van der Waals surface area contributed by atoms with Gasteiger partial charge in [0.25, 0.3) is 6.02 Å². The number of carbonyl (C=O) groups is 1. The Hall–Kier alpha value is -2.50. The molecule has 24 heavy (non-hydrogen) atoms. The minimum atomic E-state index is -5.19. The number of carbonyl (C=O) groups excluding carboxylic acids is 1. The summed E-state index contributed by atoms with van der Waals surface area (Å²) in [7, 11) is 1.15. The van der Waals surface area contributed by atoms with Gasteiger partial charge in [-0.15, -0.1) is 4.73 Å². The highest BCUT2D eigenvalue weighted by atomic mass is 19.4. The van der Waals surface area contributed by atoms with Crippen LogP contribution in [0.25, 0.3) is 0 Å². The molecule has 3 N–H and O–H groups in total. The van der Waals surface area contributed by atoms with E-state index in [1.165, 1.54) is 0 Å². The fraction of sp³-hybridized carbons (Fsp3) is 0.583. The number of nitrogens with two attached hydrogens (primary N) is 1. The van der Waals surface area contributed by atoms with E-state index >= 15 is 0 Å². The highest BCUT2D eigenvalue weighted by Gasteiger charge is 2.43. The number of nitrogens with one attached hydrogen (secondary N) is 1. The number of anilines is 1. The summed E-state index contributed by atoms with van der Waals surface area (Å²) < 4.78 is 48.0. The summed E-state index contributed by atoms with van der Waals surface area (Å²) in [5.74, 6) is -2.58. The van der Waals surface area contributed by atoms with Crippen LogP contribution in [0.4, 0.5) is 19.0 Å². The summed E-state index contributed by atoms with van der Waals surface area (Å²) in [4.78, 5) is 23.3. The molecule has 2 heterocycles. The zero-order valence-corrected chi connectivity index (χ0v) is 13.0. The predicted molar refractivity (Wildman–Crippen MR) is 75.2 cm³/mol. The number of hydrogen-bond acceptors (Lipinski definition) is 8. The van der Waals surface area contributed by atoms with Crippen LogP contribution in [0.15, 0.2) is 4.99 Å². The first kappa shape index (κ1) is 17.8. The molecule has 1 aromatic rings. The highest BCUT2D eigenvalue weighted by molar-refractivity contribution is 5.91. The molecule has 0 spiro atoms. The lowest BCUT2D eigenvalue weighted by Gasteiger charge is -2.22. The Morgan fingerprint density at radius 1 is 1.50 bits per heavy atom. The molecule has 12 heteroatoms. The van der Waals surface area contributed by atoms with E-state index in [0.717, 1.165) is 7.11 Å². The second-order valence-corrected chi connectivity index (χ2v) is 4.84. The van der Waals surface area contributed by atoms with E-state index in [9.17, 15) is 18.0 Å². The summed E-state index contributed by atoms with van der Waals surface area (Å²) in [6.45, 7) is 3.64. The average Bonchev–Trinajstić information content (AvgIpc) is 2.84. The van der Waals surface area contributed by atoms with Gasteiger partial charge in [0.2, 0.25) is 0 Å². The van der Waals surface area contributed by atoms with Gasteiger partial charge in [-0.1, -0.05) is 6.92 Å². The Balaban J connectivity index is 2.34. The molecule has 2 atom stereocenters. The molecule has 0 aliphatic carbocycles. The van der Waals surface area contributed by atoms with Crippen LogP contribution in [0.5, 0.6) is 6.01 Å². The fourth-order valence-electron chi connectivity index (χ4n) is 1.72. The summed E-state index contributed by atoms with van der Waals surface area (Å²) in [5.41, 5.74) is 5.85. The SMILES string of the molecule is CC[C@H](C)OC1=NC(N)c2nc(OC)n(OC(=O)C(F)(F)F)c2N1. The number of fused-ring (bicyclic) bond motifs is 1. The van der Waals surface area contributed by atoms with E-state index in [0.29, 0.717) is 11.2 Å². The number of nitrogens with zero attached hydrogens (tertiary/aromatic N) is 3. The number of ether oxygens (including phenoxy) is 2. The van der Waals surface area contributed by atoms with Crippen molar-refractivity contribution in [2.75, 3.05) is 12.4 Å². The molecule has 1 aliphatic heterocycles. The van der Waals surface area contributed by atoms with Crippen LogP contribution in [-0.4, -0.2) is 41.1 Å². The van der Waals surface area contributed by atoms with Crippen molar-refractivity contribution in [3.63, 3.8) is 0 Å². The van der Waals surface area contributed by atoms with Gasteiger partial charge in [-0.25, -0.2) is 9.79 Å². The average molecular weight is 351 g/mol. The second-order valence-electron chi connectivity index (χ2n) is 4.84. The minimum absolute atomic E-state index is 0.0313. The van der Waals surface area contributed by atoms with E-state index in [1.807, 2.05) is 6.92 Å². The van der Waals surface area contributed by atoms with Crippen LogP contribution in [0.2, 0.25) is 0 Å². The van der Waals surface area contributed by atoms with E-state index in [-0.39, 0.29) is 23.6 Å². The molecule has 134 valence electrons. The van der Waals surface area contributed by atoms with Crippen molar-refractivity contribution < 1.29 is 32.3 Å². The molecule has 0 radical (unpaired) electrons. The number of amidine groups is 1. The fourth-order valence-corrected chi connectivity index (χ4v) is 1.72. The quantitative estimate of drug-likeness (QED) is 0.831. The second kappa shape index (κ2) is 6.55. The third-order valence-corrected chi connectivity index (χ3v) is 3.07. The molecule has 0 saturated carbocycles. The van der Waals surface area contributed by atoms with Gasteiger partial charge in [0, 0.05) is 0 Å². The topological polar surface area (TPSA) is 113 Å². The minimum Gasteiger partial charge on any atom is -0.466 e. The van der Waals surface area contributed by atoms with Crippen LogP contribution in [0.3, 0.4) is 0 Å². The molecular formula is C12H16F3N5O4. The Morgan fingerprint density at radius 3 is 2.71 bits per heavy atom. The lowest BCUT2D eigenvalue weighted by Crippen LogP contribution is -2.36. The number of alkyl halides is 3. The van der Waals surface area contributed by atoms with Crippen LogP contribution >= 0.6 is 0 Å². The van der Waals surface area contributed by atoms with E-state index in [2.05, 4.69) is 20.1 Å². The molecular weight excluding hydrogens is 335 g/mol. The van der Waals surface area contributed by atoms with E-state index in [4.69, 9.17) is 15.2 Å². The van der Waals surface area contributed by atoms with Crippen LogP contribution < -0.4 is 20.6 Å². The van der Waals surface area contributed by atoms with Crippen molar-refractivity contribution in [2.24, 2.45) is 10.7 Å². The predicted octanol–water partition coefficient (Wildman–Crippen LogP) is 0.963. The Kier molecular flexibility index (Phi) is 4.87. The number of hydrogen-bond donors (Lipinski definition) is 2. The Bertz CT molecular complexity index is 658. The van der Waals surface area contributed by atoms with Gasteiger partial charge < -0.3 is 20.0 Å². The van der Waals surface area contributed by atoms with Crippen molar-refractivity contribution in [1.82, 2.24) is 9.71 Å². The first-order chi connectivity index (χ1) is 11.2. The molecule has 2 rings (SSSR count). The molecule has 1 aromatic heterocycles. The highest BCUT2D eigenvalue weighted by Crippen LogP contribution is 2.31. The maximum atomic E-state index is 12.4. The third-order valence-electron chi connectivity index (χ3n) is 3.07. The molecule has 0 saturated heterocycles. The monoisotopic (exact) mass is 351 g/mol. The van der Waals surface area contributed by atoms with Gasteiger partial charge in [0.1, 0.15) is 11.9 Å². The number of methoxy groups -OCH3 is 1. The van der Waals surface area contributed by atoms with Crippen LogP contribution in [-0.2, 0) is 9.53 Å². The summed E-state index contributed by atoms with van der Waals surface area (Å²) in [6.07, 6.45) is -5.78. The molecule has 1 aliphatic rings. The van der Waals surface area contributed by atoms with Crippen LogP contribution in [0, 0.1) is 0 Å². The van der Waals surface area contributed by atoms with E-state index < -0.39 is 24.3 Å². The summed E-state index contributed by atoms with van der Waals surface area (Å²) in [5, 5.41) is 2.60. The lowest BCUT2D eigenvalue weighted by molar-refractivity contribution is -0.200. The van der Waals surface area contributed by atoms with Crippen molar-refractivity contribution in [2.45, 2.75) is 38.7 Å². The van der Waals surface area contributed by atoms with Gasteiger partial charge >= 0.3 is 18.2 Å². The number of aromatic nitrogens is 2.